The van der Waals surface area contributed by atoms with Crippen molar-refractivity contribution >= 4 is 11.9 Å². The quantitative estimate of drug-likeness (QED) is 0.839. The van der Waals surface area contributed by atoms with Gasteiger partial charge in [-0.15, -0.1) is 0 Å². The Labute approximate surface area is 116 Å². The van der Waals surface area contributed by atoms with E-state index in [9.17, 15) is 4.79 Å². The number of hydrogen-bond acceptors (Lipinski definition) is 4. The van der Waals surface area contributed by atoms with Crippen LogP contribution in [0.3, 0.4) is 0 Å². The van der Waals surface area contributed by atoms with Crippen molar-refractivity contribution in [2.45, 2.75) is 18.4 Å². The Hall–Kier alpha value is -2.43. The van der Waals surface area contributed by atoms with Gasteiger partial charge in [0.05, 0.1) is 6.54 Å². The molecule has 20 heavy (non-hydrogen) atoms. The van der Waals surface area contributed by atoms with Gasteiger partial charge in [0.1, 0.15) is 11.4 Å². The second-order valence-corrected chi connectivity index (χ2v) is 5.28. The van der Waals surface area contributed by atoms with E-state index in [0.29, 0.717) is 12.4 Å². The lowest BCUT2D eigenvalue weighted by Gasteiger charge is -2.12. The fraction of sp³-hybridized carbons (Fsp3) is 0.267. The summed E-state index contributed by atoms with van der Waals surface area (Å²) in [4.78, 5) is 21.9. The number of nitrogens with zero attached hydrogens (tertiary/aromatic N) is 3. The van der Waals surface area contributed by atoms with Crippen molar-refractivity contribution in [3.8, 4) is 11.1 Å². The highest BCUT2D eigenvalue weighted by molar-refractivity contribution is 5.89. The lowest BCUT2D eigenvalue weighted by Crippen LogP contribution is -2.25. The van der Waals surface area contributed by atoms with Gasteiger partial charge in [-0.05, 0) is 31.0 Å². The van der Waals surface area contributed by atoms with Gasteiger partial charge < -0.3 is 4.74 Å². The van der Waals surface area contributed by atoms with Crippen molar-refractivity contribution in [3.63, 3.8) is 0 Å². The molecule has 0 atom stereocenters. The molecule has 4 rings (SSSR count). The van der Waals surface area contributed by atoms with E-state index in [1.54, 1.807) is 23.5 Å². The Bertz CT molecular complexity index is 651. The minimum absolute atomic E-state index is 0.221. The highest BCUT2D eigenvalue weighted by atomic mass is 16.6. The average molecular weight is 267 g/mol. The van der Waals surface area contributed by atoms with Gasteiger partial charge >= 0.3 is 6.09 Å². The summed E-state index contributed by atoms with van der Waals surface area (Å²) < 4.78 is 5.38. The molecule has 0 unspecified atom stereocenters. The van der Waals surface area contributed by atoms with E-state index in [4.69, 9.17) is 4.74 Å². The highest BCUT2D eigenvalue weighted by Crippen LogP contribution is 2.45. The van der Waals surface area contributed by atoms with Crippen molar-refractivity contribution in [2.75, 3.05) is 11.4 Å². The van der Waals surface area contributed by atoms with Crippen LogP contribution in [-0.2, 0) is 4.74 Å². The Balaban J connectivity index is 1.60. The predicted octanol–water partition coefficient (Wildman–Crippen LogP) is 2.63. The highest BCUT2D eigenvalue weighted by Gasteiger charge is 2.55. The fourth-order valence-electron chi connectivity index (χ4n) is 2.45. The first kappa shape index (κ1) is 11.4. The summed E-state index contributed by atoms with van der Waals surface area (Å²) in [6.07, 6.45) is 6.92. The van der Waals surface area contributed by atoms with Crippen LogP contribution < -0.4 is 4.90 Å². The topological polar surface area (TPSA) is 55.3 Å². The van der Waals surface area contributed by atoms with Crippen molar-refractivity contribution < 1.29 is 9.53 Å². The zero-order chi connectivity index (χ0) is 13.6. The normalized spacial score (nSPS) is 19.2. The molecule has 1 aliphatic carbocycles. The number of anilines is 1. The van der Waals surface area contributed by atoms with Crippen LogP contribution in [0.5, 0.6) is 0 Å². The Kier molecular flexibility index (Phi) is 2.30. The van der Waals surface area contributed by atoms with Gasteiger partial charge in [0, 0.05) is 29.7 Å². The maximum atomic E-state index is 11.8. The van der Waals surface area contributed by atoms with Crippen LogP contribution in [0.4, 0.5) is 10.6 Å². The lowest BCUT2D eigenvalue weighted by atomic mass is 10.1. The molecule has 5 heteroatoms. The molecule has 3 heterocycles. The van der Waals surface area contributed by atoms with Crippen molar-refractivity contribution in [1.82, 2.24) is 9.97 Å². The smallest absolute Gasteiger partial charge is 0.416 e. The summed E-state index contributed by atoms with van der Waals surface area (Å²) >= 11 is 0. The van der Waals surface area contributed by atoms with Gasteiger partial charge in [0.2, 0.25) is 0 Å². The second kappa shape index (κ2) is 4.03. The van der Waals surface area contributed by atoms with E-state index in [-0.39, 0.29) is 11.7 Å². The van der Waals surface area contributed by atoms with E-state index in [1.165, 1.54) is 0 Å². The molecule has 2 aromatic rings. The Morgan fingerprint density at radius 1 is 1.15 bits per heavy atom. The van der Waals surface area contributed by atoms with Crippen LogP contribution in [0.2, 0.25) is 0 Å². The van der Waals surface area contributed by atoms with Crippen LogP contribution in [0.25, 0.3) is 11.1 Å². The van der Waals surface area contributed by atoms with Crippen molar-refractivity contribution in [2.24, 2.45) is 0 Å². The van der Waals surface area contributed by atoms with Gasteiger partial charge in [0.25, 0.3) is 0 Å². The molecule has 2 aliphatic rings. The molecule has 2 aromatic heterocycles. The SMILES string of the molecule is O=C1OC2(CC2)CN1c1ccc(-c2cccnc2)cn1. The van der Waals surface area contributed by atoms with E-state index >= 15 is 0 Å². The zero-order valence-corrected chi connectivity index (χ0v) is 10.8. The molecule has 0 radical (unpaired) electrons. The maximum absolute atomic E-state index is 11.8. The molecule has 5 nitrogen and oxygen atoms in total. The van der Waals surface area contributed by atoms with Gasteiger partial charge in [-0.2, -0.15) is 0 Å². The van der Waals surface area contributed by atoms with Gasteiger partial charge in [0.15, 0.2) is 0 Å². The molecule has 100 valence electrons. The molecule has 1 aliphatic heterocycles. The van der Waals surface area contributed by atoms with Crippen LogP contribution in [0.1, 0.15) is 12.8 Å². The first-order valence-corrected chi connectivity index (χ1v) is 6.63. The molecule has 2 fully saturated rings. The largest absolute Gasteiger partial charge is 0.441 e. The number of carbonyl (C=O) groups is 1. The summed E-state index contributed by atoms with van der Waals surface area (Å²) in [6, 6.07) is 7.67. The molecular formula is C15H13N3O2. The number of carbonyl (C=O) groups excluding carboxylic acids is 1. The Morgan fingerprint density at radius 3 is 2.60 bits per heavy atom. The summed E-state index contributed by atoms with van der Waals surface area (Å²) in [5.74, 6) is 0.645. The van der Waals surface area contributed by atoms with Crippen LogP contribution in [-0.4, -0.2) is 28.2 Å². The van der Waals surface area contributed by atoms with Gasteiger partial charge in [-0.1, -0.05) is 6.07 Å². The van der Waals surface area contributed by atoms with E-state index in [0.717, 1.165) is 24.0 Å². The van der Waals surface area contributed by atoms with Crippen LogP contribution in [0.15, 0.2) is 42.9 Å². The third kappa shape index (κ3) is 1.82. The first-order chi connectivity index (χ1) is 9.76. The number of hydrogen-bond donors (Lipinski definition) is 0. The monoisotopic (exact) mass is 267 g/mol. The summed E-state index contributed by atoms with van der Waals surface area (Å²) in [5.41, 5.74) is 1.77. The molecule has 0 aromatic carbocycles. The summed E-state index contributed by atoms with van der Waals surface area (Å²) in [6.45, 7) is 0.616. The lowest BCUT2D eigenvalue weighted by molar-refractivity contribution is 0.129. The zero-order valence-electron chi connectivity index (χ0n) is 10.8. The third-order valence-corrected chi connectivity index (χ3v) is 3.80. The molecular weight excluding hydrogens is 254 g/mol. The molecule has 1 saturated heterocycles. The number of aromatic nitrogens is 2. The molecule has 0 N–H and O–H groups in total. The molecule has 1 spiro atoms. The van der Waals surface area contributed by atoms with Gasteiger partial charge in [-0.3, -0.25) is 9.88 Å². The average Bonchev–Trinajstić information content (AvgIpc) is 3.16. The van der Waals surface area contributed by atoms with Crippen LogP contribution in [0, 0.1) is 0 Å². The third-order valence-electron chi connectivity index (χ3n) is 3.80. The number of amides is 1. The van der Waals surface area contributed by atoms with Crippen molar-refractivity contribution in [1.29, 1.82) is 0 Å². The van der Waals surface area contributed by atoms with Crippen LogP contribution >= 0.6 is 0 Å². The summed E-state index contributed by atoms with van der Waals surface area (Å²) in [7, 11) is 0. The maximum Gasteiger partial charge on any atom is 0.416 e. The standard InChI is InChI=1S/C15H13N3O2/c19-14-18(10-15(20-14)5-6-15)13-4-3-12(9-17-13)11-2-1-7-16-8-11/h1-4,7-9H,5-6,10H2. The fourth-order valence-corrected chi connectivity index (χ4v) is 2.45. The van der Waals surface area contributed by atoms with E-state index in [2.05, 4.69) is 9.97 Å². The molecule has 1 amide bonds. The van der Waals surface area contributed by atoms with Crippen molar-refractivity contribution in [3.05, 3.63) is 42.9 Å². The first-order valence-electron chi connectivity index (χ1n) is 6.63. The summed E-state index contributed by atoms with van der Waals surface area (Å²) in [5, 5.41) is 0. The van der Waals surface area contributed by atoms with E-state index < -0.39 is 0 Å². The number of ether oxygens (including phenoxy) is 1. The second-order valence-electron chi connectivity index (χ2n) is 5.28. The number of pyridine rings is 2. The molecule has 1 saturated carbocycles. The minimum Gasteiger partial charge on any atom is -0.441 e. The van der Waals surface area contributed by atoms with Gasteiger partial charge in [-0.25, -0.2) is 9.78 Å². The molecule has 0 bridgehead atoms. The minimum atomic E-state index is -0.288. The predicted molar refractivity (Wildman–Crippen MR) is 73.3 cm³/mol. The van der Waals surface area contributed by atoms with E-state index in [1.807, 2.05) is 24.3 Å². The number of rotatable bonds is 2. The Morgan fingerprint density at radius 2 is 2.00 bits per heavy atom.